The molecule has 0 radical (unpaired) electrons. The van der Waals surface area contributed by atoms with Crippen molar-refractivity contribution >= 4 is 13.8 Å². The van der Waals surface area contributed by atoms with Crippen LogP contribution in [-0.2, 0) is 18.4 Å². The maximum Gasteiger partial charge on any atom is 0.472 e. The predicted octanol–water partition coefficient (Wildman–Crippen LogP) is 3.93. The molecule has 2 atom stereocenters. The number of unbranched alkanes of at least 4 members (excludes halogenated alkanes) is 3. The molecule has 0 spiro atoms. The van der Waals surface area contributed by atoms with Crippen molar-refractivity contribution < 1.29 is 52.6 Å². The van der Waals surface area contributed by atoms with Crippen LogP contribution in [0.25, 0.3) is 0 Å². The number of carbonyl (C=O) groups is 1. The van der Waals surface area contributed by atoms with Crippen LogP contribution < -0.4 is 14.2 Å². The molecule has 0 aliphatic rings. The number of carboxylic acids is 1. The molecule has 1 aromatic rings. The first-order valence-electron chi connectivity index (χ1n) is 11.6. The van der Waals surface area contributed by atoms with E-state index in [9.17, 15) is 14.3 Å². The molecule has 35 heavy (non-hydrogen) atoms. The fourth-order valence-corrected chi connectivity index (χ4v) is 4.04. The number of aliphatic carboxylic acids is 1. The average Bonchev–Trinajstić information content (AvgIpc) is 2.71. The molecule has 0 amide bonds. The number of phosphoric acid groups is 1. The summed E-state index contributed by atoms with van der Waals surface area (Å²) in [5, 5.41) is 9.03. The Labute approximate surface area is 208 Å². The van der Waals surface area contributed by atoms with Gasteiger partial charge in [-0.1, -0.05) is 19.8 Å². The van der Waals surface area contributed by atoms with Gasteiger partial charge in [0.05, 0.1) is 54.5 Å². The van der Waals surface area contributed by atoms with Gasteiger partial charge in [-0.3, -0.25) is 13.8 Å². The highest BCUT2D eigenvalue weighted by Gasteiger charge is 2.31. The number of benzene rings is 1. The number of phosphoric ester groups is 1. The molecule has 0 saturated carbocycles. The highest BCUT2D eigenvalue weighted by molar-refractivity contribution is 7.47. The summed E-state index contributed by atoms with van der Waals surface area (Å²) in [6.45, 7) is 3.36. The highest BCUT2D eigenvalue weighted by Crippen LogP contribution is 2.45. The molecule has 1 unspecified atom stereocenters. The van der Waals surface area contributed by atoms with Crippen LogP contribution >= 0.6 is 7.82 Å². The van der Waals surface area contributed by atoms with E-state index < -0.39 is 19.9 Å². The molecular formula is C23H42NO10P. The standard InChI is InChI=1S/C23H40NO9P.H2O/c1-6-7-8-11-30-20-14-19(29-5)15-21(16-20)31-12-9-10-13-32-34(27,28)33-22(17-23(25)26)18-24(2,3)4;/h14-16,22H,6-13,17-18H2,1-5H3,(H-,25,26,27,28);1H2/t22-;/m1./s1. The van der Waals surface area contributed by atoms with Gasteiger partial charge in [0, 0.05) is 18.2 Å². The van der Waals surface area contributed by atoms with Gasteiger partial charge in [0.1, 0.15) is 29.9 Å². The fraction of sp³-hybridized carbons (Fsp3) is 0.696. The first-order chi connectivity index (χ1) is 15.9. The lowest BCUT2D eigenvalue weighted by Crippen LogP contribution is -2.42. The minimum absolute atomic E-state index is 0. The number of rotatable bonds is 19. The summed E-state index contributed by atoms with van der Waals surface area (Å²) in [6.07, 6.45) is 2.91. The van der Waals surface area contributed by atoms with Crippen LogP contribution in [0, 0.1) is 0 Å². The van der Waals surface area contributed by atoms with Crippen molar-refractivity contribution in [1.82, 2.24) is 0 Å². The molecule has 0 fully saturated rings. The number of hydrogen-bond acceptors (Lipinski definition) is 8. The van der Waals surface area contributed by atoms with Crippen molar-refractivity contribution in [2.24, 2.45) is 0 Å². The number of nitrogens with zero attached hydrogens (tertiary/aromatic N) is 1. The third-order valence-corrected chi connectivity index (χ3v) is 5.68. The Kier molecular flexibility index (Phi) is 15.8. The van der Waals surface area contributed by atoms with E-state index in [1.54, 1.807) is 19.2 Å². The third-order valence-electron chi connectivity index (χ3n) is 4.60. The third kappa shape index (κ3) is 16.4. The minimum Gasteiger partial charge on any atom is -0.870 e. The summed E-state index contributed by atoms with van der Waals surface area (Å²) >= 11 is 0. The molecule has 12 heteroatoms. The summed E-state index contributed by atoms with van der Waals surface area (Å²) in [5.74, 6) is 0.813. The van der Waals surface area contributed by atoms with Gasteiger partial charge in [-0.15, -0.1) is 0 Å². The number of likely N-dealkylation sites (N-methyl/N-ethyl adjacent to an activating group) is 1. The van der Waals surface area contributed by atoms with Gasteiger partial charge < -0.3 is 34.2 Å². The number of quaternary nitrogens is 1. The van der Waals surface area contributed by atoms with Crippen LogP contribution in [0.1, 0.15) is 45.4 Å². The van der Waals surface area contributed by atoms with Gasteiger partial charge in [-0.25, -0.2) is 4.57 Å². The van der Waals surface area contributed by atoms with E-state index in [0.717, 1.165) is 19.3 Å². The molecule has 3 N–H and O–H groups in total. The van der Waals surface area contributed by atoms with Crippen LogP contribution in [0.4, 0.5) is 0 Å². The largest absolute Gasteiger partial charge is 0.870 e. The Hall–Kier alpha value is -1.88. The summed E-state index contributed by atoms with van der Waals surface area (Å²) in [4.78, 5) is 21.0. The topological polar surface area (TPSA) is 151 Å². The Balaban J connectivity index is 0.0000116. The lowest BCUT2D eigenvalue weighted by molar-refractivity contribution is -0.873. The normalized spacial score (nSPS) is 13.9. The smallest absolute Gasteiger partial charge is 0.472 e. The summed E-state index contributed by atoms with van der Waals surface area (Å²) in [7, 11) is 2.71. The molecular weight excluding hydrogens is 481 g/mol. The summed E-state index contributed by atoms with van der Waals surface area (Å²) in [5.41, 5.74) is 0. The summed E-state index contributed by atoms with van der Waals surface area (Å²) < 4.78 is 39.6. The Morgan fingerprint density at radius 1 is 0.971 bits per heavy atom. The lowest BCUT2D eigenvalue weighted by Gasteiger charge is -2.29. The predicted molar refractivity (Wildman–Crippen MR) is 130 cm³/mol. The monoisotopic (exact) mass is 523 g/mol. The second-order valence-electron chi connectivity index (χ2n) is 9.06. The number of carboxylic acid groups (broad SMARTS) is 1. The van der Waals surface area contributed by atoms with Gasteiger partial charge in [0.2, 0.25) is 0 Å². The SMILES string of the molecule is CCCCCOc1cc(OC)cc(OCCCCOP(=O)(O)O[C@H](CC(=O)O)C[N+](C)(C)C)c1.[OH-]. The highest BCUT2D eigenvalue weighted by atomic mass is 31.2. The van der Waals surface area contributed by atoms with Crippen LogP contribution in [0.5, 0.6) is 17.2 Å². The van der Waals surface area contributed by atoms with Crippen molar-refractivity contribution in [1.29, 1.82) is 0 Å². The fourth-order valence-electron chi connectivity index (χ4n) is 3.11. The number of hydrogen-bond donors (Lipinski definition) is 2. The molecule has 0 bridgehead atoms. The Bertz CT molecular complexity index is 784. The molecule has 204 valence electrons. The molecule has 1 rings (SSSR count). The molecule has 0 saturated heterocycles. The van der Waals surface area contributed by atoms with E-state index >= 15 is 0 Å². The molecule has 0 aromatic heterocycles. The van der Waals surface area contributed by atoms with Crippen molar-refractivity contribution in [2.75, 3.05) is 54.6 Å². The van der Waals surface area contributed by atoms with E-state index in [1.807, 2.05) is 27.2 Å². The minimum atomic E-state index is -4.38. The van der Waals surface area contributed by atoms with Crippen LogP contribution in [0.2, 0.25) is 0 Å². The maximum atomic E-state index is 12.2. The van der Waals surface area contributed by atoms with Crippen molar-refractivity contribution in [3.8, 4) is 17.2 Å². The summed E-state index contributed by atoms with van der Waals surface area (Å²) in [6, 6.07) is 5.38. The first-order valence-corrected chi connectivity index (χ1v) is 13.1. The maximum absolute atomic E-state index is 12.2. The van der Waals surface area contributed by atoms with E-state index in [2.05, 4.69) is 6.92 Å². The van der Waals surface area contributed by atoms with E-state index in [1.165, 1.54) is 0 Å². The zero-order chi connectivity index (χ0) is 25.6. The van der Waals surface area contributed by atoms with Crippen molar-refractivity contribution in [3.63, 3.8) is 0 Å². The number of methoxy groups -OCH3 is 1. The van der Waals surface area contributed by atoms with Crippen molar-refractivity contribution in [2.45, 2.75) is 51.6 Å². The molecule has 1 aromatic carbocycles. The van der Waals surface area contributed by atoms with Gasteiger partial charge in [0.15, 0.2) is 0 Å². The lowest BCUT2D eigenvalue weighted by atomic mass is 10.2. The zero-order valence-electron chi connectivity index (χ0n) is 21.5. The van der Waals surface area contributed by atoms with E-state index in [0.29, 0.717) is 47.8 Å². The number of ether oxygens (including phenoxy) is 3. The molecule has 0 aliphatic carbocycles. The average molecular weight is 524 g/mol. The van der Waals surface area contributed by atoms with Gasteiger partial charge in [0.25, 0.3) is 0 Å². The van der Waals surface area contributed by atoms with Crippen LogP contribution in [0.15, 0.2) is 18.2 Å². The Morgan fingerprint density at radius 3 is 1.97 bits per heavy atom. The van der Waals surface area contributed by atoms with Gasteiger partial charge in [-0.2, -0.15) is 0 Å². The molecule has 0 heterocycles. The second-order valence-corrected chi connectivity index (χ2v) is 10.5. The van der Waals surface area contributed by atoms with Crippen molar-refractivity contribution in [3.05, 3.63) is 18.2 Å². The van der Waals surface area contributed by atoms with Gasteiger partial charge in [-0.05, 0) is 19.3 Å². The zero-order valence-corrected chi connectivity index (χ0v) is 22.4. The van der Waals surface area contributed by atoms with E-state index in [4.69, 9.17) is 28.4 Å². The Morgan fingerprint density at radius 2 is 1.49 bits per heavy atom. The van der Waals surface area contributed by atoms with Crippen LogP contribution in [0.3, 0.4) is 0 Å². The van der Waals surface area contributed by atoms with E-state index in [-0.39, 0.29) is 25.0 Å². The molecule has 11 nitrogen and oxygen atoms in total. The second kappa shape index (κ2) is 16.7. The quantitative estimate of drug-likeness (QED) is 0.155. The molecule has 0 aliphatic heterocycles. The van der Waals surface area contributed by atoms with Crippen LogP contribution in [-0.4, -0.2) is 86.7 Å². The van der Waals surface area contributed by atoms with Gasteiger partial charge >= 0.3 is 13.8 Å². The first kappa shape index (κ1) is 33.1.